The van der Waals surface area contributed by atoms with E-state index in [1.54, 1.807) is 12.1 Å². The lowest BCUT2D eigenvalue weighted by Crippen LogP contribution is -2.36. The number of nitrogens with zero attached hydrogens (tertiary/aromatic N) is 1. The molecule has 0 amide bonds. The van der Waals surface area contributed by atoms with Crippen LogP contribution in [0.15, 0.2) is 47.4 Å². The molecule has 1 heterocycles. The Hall–Kier alpha value is -1.76. The first-order chi connectivity index (χ1) is 11.5. The summed E-state index contributed by atoms with van der Waals surface area (Å²) < 4.78 is 33.2. The van der Waals surface area contributed by atoms with Crippen molar-refractivity contribution in [2.24, 2.45) is 0 Å². The quantitative estimate of drug-likeness (QED) is 0.902. The SMILES string of the molecule is Cc1ccc(N2CCOCC2)cc1NS(=O)(=O)c1cccc(Cl)c1. The van der Waals surface area contributed by atoms with E-state index in [1.807, 2.05) is 25.1 Å². The molecular formula is C17H19ClN2O3S. The molecule has 0 aliphatic carbocycles. The molecule has 0 aromatic heterocycles. The van der Waals surface area contributed by atoms with E-state index in [2.05, 4.69) is 9.62 Å². The number of halogens is 1. The van der Waals surface area contributed by atoms with Crippen LogP contribution in [0.25, 0.3) is 0 Å². The number of anilines is 2. The van der Waals surface area contributed by atoms with Crippen molar-refractivity contribution in [3.63, 3.8) is 0 Å². The van der Waals surface area contributed by atoms with Gasteiger partial charge in [-0.3, -0.25) is 4.72 Å². The molecule has 24 heavy (non-hydrogen) atoms. The van der Waals surface area contributed by atoms with Gasteiger partial charge in [-0.15, -0.1) is 0 Å². The zero-order valence-corrected chi connectivity index (χ0v) is 14.9. The van der Waals surface area contributed by atoms with Crippen LogP contribution in [0.5, 0.6) is 0 Å². The number of hydrogen-bond donors (Lipinski definition) is 1. The third-order valence-corrected chi connectivity index (χ3v) is 5.55. The molecule has 0 bridgehead atoms. The highest BCUT2D eigenvalue weighted by Gasteiger charge is 2.17. The zero-order chi connectivity index (χ0) is 17.2. The monoisotopic (exact) mass is 366 g/mol. The number of morpholine rings is 1. The Morgan fingerprint density at radius 1 is 1.12 bits per heavy atom. The number of rotatable bonds is 4. The van der Waals surface area contributed by atoms with Gasteiger partial charge in [0.25, 0.3) is 10.0 Å². The Kier molecular flexibility index (Phi) is 4.99. The molecular weight excluding hydrogens is 348 g/mol. The second-order valence-corrected chi connectivity index (χ2v) is 7.78. The van der Waals surface area contributed by atoms with Gasteiger partial charge in [0.15, 0.2) is 0 Å². The Morgan fingerprint density at radius 2 is 1.88 bits per heavy atom. The van der Waals surface area contributed by atoms with Crippen LogP contribution in [-0.4, -0.2) is 34.7 Å². The Balaban J connectivity index is 1.88. The van der Waals surface area contributed by atoms with Crippen molar-refractivity contribution >= 4 is 33.0 Å². The molecule has 1 aliphatic heterocycles. The van der Waals surface area contributed by atoms with Gasteiger partial charge in [0, 0.05) is 23.8 Å². The first kappa shape index (κ1) is 17.1. The first-order valence-electron chi connectivity index (χ1n) is 7.67. The molecule has 0 unspecified atom stereocenters. The molecule has 5 nitrogen and oxygen atoms in total. The van der Waals surface area contributed by atoms with Crippen LogP contribution in [0.1, 0.15) is 5.56 Å². The third kappa shape index (κ3) is 3.83. The molecule has 1 aliphatic rings. The van der Waals surface area contributed by atoms with E-state index < -0.39 is 10.0 Å². The first-order valence-corrected chi connectivity index (χ1v) is 9.53. The largest absolute Gasteiger partial charge is 0.378 e. The van der Waals surface area contributed by atoms with Crippen molar-refractivity contribution in [2.45, 2.75) is 11.8 Å². The lowest BCUT2D eigenvalue weighted by atomic mass is 10.1. The lowest BCUT2D eigenvalue weighted by molar-refractivity contribution is 0.122. The summed E-state index contributed by atoms with van der Waals surface area (Å²) >= 11 is 5.90. The molecule has 0 spiro atoms. The summed E-state index contributed by atoms with van der Waals surface area (Å²) in [6.45, 7) is 4.82. The summed E-state index contributed by atoms with van der Waals surface area (Å²) in [5.74, 6) is 0. The van der Waals surface area contributed by atoms with E-state index in [9.17, 15) is 8.42 Å². The second kappa shape index (κ2) is 7.01. The molecule has 128 valence electrons. The summed E-state index contributed by atoms with van der Waals surface area (Å²) in [6, 6.07) is 12.0. The van der Waals surface area contributed by atoms with E-state index in [0.29, 0.717) is 23.9 Å². The Bertz CT molecular complexity index is 833. The maximum atomic E-state index is 12.6. The average molecular weight is 367 g/mol. The fraction of sp³-hybridized carbons (Fsp3) is 0.294. The average Bonchev–Trinajstić information content (AvgIpc) is 2.57. The van der Waals surface area contributed by atoms with Crippen molar-refractivity contribution in [3.05, 3.63) is 53.1 Å². The summed E-state index contributed by atoms with van der Waals surface area (Å²) in [5, 5.41) is 0.386. The Morgan fingerprint density at radius 3 is 2.58 bits per heavy atom. The fourth-order valence-corrected chi connectivity index (χ4v) is 4.00. The number of benzene rings is 2. The van der Waals surface area contributed by atoms with Crippen LogP contribution in [0.4, 0.5) is 11.4 Å². The van der Waals surface area contributed by atoms with E-state index in [0.717, 1.165) is 24.3 Å². The van der Waals surface area contributed by atoms with Crippen LogP contribution in [0.3, 0.4) is 0 Å². The zero-order valence-electron chi connectivity index (χ0n) is 13.3. The summed E-state index contributed by atoms with van der Waals surface area (Å²) in [4.78, 5) is 2.33. The standard InChI is InChI=1S/C17H19ClN2O3S/c1-13-5-6-15(20-7-9-23-10-8-20)12-17(13)19-24(21,22)16-4-2-3-14(18)11-16/h2-6,11-12,19H,7-10H2,1H3. The van der Waals surface area contributed by atoms with E-state index in [4.69, 9.17) is 16.3 Å². The van der Waals surface area contributed by atoms with Gasteiger partial charge in [-0.25, -0.2) is 8.42 Å². The van der Waals surface area contributed by atoms with Crippen molar-refractivity contribution in [2.75, 3.05) is 35.9 Å². The lowest BCUT2D eigenvalue weighted by Gasteiger charge is -2.29. The molecule has 0 saturated carbocycles. The molecule has 1 fully saturated rings. The van der Waals surface area contributed by atoms with Crippen LogP contribution in [0.2, 0.25) is 5.02 Å². The number of ether oxygens (including phenoxy) is 1. The highest BCUT2D eigenvalue weighted by atomic mass is 35.5. The minimum absolute atomic E-state index is 0.145. The van der Waals surface area contributed by atoms with Gasteiger partial charge in [0.2, 0.25) is 0 Å². The van der Waals surface area contributed by atoms with E-state index >= 15 is 0 Å². The highest BCUT2D eigenvalue weighted by Crippen LogP contribution is 2.27. The molecule has 2 aromatic carbocycles. The van der Waals surface area contributed by atoms with Gasteiger partial charge >= 0.3 is 0 Å². The van der Waals surface area contributed by atoms with Gasteiger partial charge in [0.05, 0.1) is 23.8 Å². The molecule has 1 saturated heterocycles. The highest BCUT2D eigenvalue weighted by molar-refractivity contribution is 7.92. The van der Waals surface area contributed by atoms with Crippen molar-refractivity contribution in [1.29, 1.82) is 0 Å². The van der Waals surface area contributed by atoms with Crippen LogP contribution < -0.4 is 9.62 Å². The fourth-order valence-electron chi connectivity index (χ4n) is 2.58. The van der Waals surface area contributed by atoms with Crippen molar-refractivity contribution < 1.29 is 13.2 Å². The van der Waals surface area contributed by atoms with Gasteiger partial charge < -0.3 is 9.64 Å². The summed E-state index contributed by atoms with van der Waals surface area (Å²) in [5.41, 5.74) is 2.41. The van der Waals surface area contributed by atoms with Crippen LogP contribution in [0, 0.1) is 6.92 Å². The number of hydrogen-bond acceptors (Lipinski definition) is 4. The predicted molar refractivity (Wildman–Crippen MR) is 96.5 cm³/mol. The minimum Gasteiger partial charge on any atom is -0.378 e. The minimum atomic E-state index is -3.68. The second-order valence-electron chi connectivity index (χ2n) is 5.66. The topological polar surface area (TPSA) is 58.6 Å². The van der Waals surface area contributed by atoms with Crippen LogP contribution >= 0.6 is 11.6 Å². The molecule has 3 rings (SSSR count). The van der Waals surface area contributed by atoms with Gasteiger partial charge in [-0.1, -0.05) is 23.7 Å². The maximum Gasteiger partial charge on any atom is 0.261 e. The predicted octanol–water partition coefficient (Wildman–Crippen LogP) is 3.29. The number of nitrogens with one attached hydrogen (secondary N) is 1. The van der Waals surface area contributed by atoms with E-state index in [-0.39, 0.29) is 4.90 Å². The molecule has 2 aromatic rings. The summed E-state index contributed by atoms with van der Waals surface area (Å²) in [6.07, 6.45) is 0. The molecule has 7 heteroatoms. The summed E-state index contributed by atoms with van der Waals surface area (Å²) in [7, 11) is -3.68. The Labute approximate surface area is 147 Å². The van der Waals surface area contributed by atoms with Gasteiger partial charge in [-0.05, 0) is 42.8 Å². The third-order valence-electron chi connectivity index (χ3n) is 3.95. The normalized spacial score (nSPS) is 15.3. The van der Waals surface area contributed by atoms with Crippen molar-refractivity contribution in [3.8, 4) is 0 Å². The molecule has 0 atom stereocenters. The van der Waals surface area contributed by atoms with Gasteiger partial charge in [0.1, 0.15) is 0 Å². The maximum absolute atomic E-state index is 12.6. The molecule has 1 N–H and O–H groups in total. The molecule has 0 radical (unpaired) electrons. The number of aryl methyl sites for hydroxylation is 1. The smallest absolute Gasteiger partial charge is 0.261 e. The van der Waals surface area contributed by atoms with Crippen LogP contribution in [-0.2, 0) is 14.8 Å². The van der Waals surface area contributed by atoms with E-state index in [1.165, 1.54) is 12.1 Å². The van der Waals surface area contributed by atoms with Crippen molar-refractivity contribution in [1.82, 2.24) is 0 Å². The van der Waals surface area contributed by atoms with Gasteiger partial charge in [-0.2, -0.15) is 0 Å². The number of sulfonamides is 1.